The molecule has 2 N–H and O–H groups in total. The van der Waals surface area contributed by atoms with Gasteiger partial charge in [0.1, 0.15) is 10.9 Å². The van der Waals surface area contributed by atoms with Crippen LogP contribution in [0.25, 0.3) is 20.9 Å². The molecule has 0 aromatic carbocycles. The van der Waals surface area contributed by atoms with Crippen molar-refractivity contribution >= 4 is 40.0 Å². The van der Waals surface area contributed by atoms with Gasteiger partial charge in [-0.15, -0.1) is 22.7 Å². The van der Waals surface area contributed by atoms with Crippen LogP contribution < -0.4 is 5.73 Å². The topological polar surface area (TPSA) is 62.7 Å². The van der Waals surface area contributed by atoms with E-state index in [1.165, 1.54) is 11.3 Å². The molecule has 0 aliphatic heterocycles. The molecule has 0 amide bonds. The molecular formula is C14H8ClN3S2. The van der Waals surface area contributed by atoms with Crippen molar-refractivity contribution in [2.24, 2.45) is 0 Å². The van der Waals surface area contributed by atoms with Crippen molar-refractivity contribution in [3.8, 4) is 27.0 Å². The first-order valence-electron chi connectivity index (χ1n) is 5.68. The third kappa shape index (κ3) is 2.08. The highest BCUT2D eigenvalue weighted by Gasteiger charge is 2.21. The third-order valence-electron chi connectivity index (χ3n) is 2.84. The van der Waals surface area contributed by atoms with Crippen molar-refractivity contribution in [2.75, 3.05) is 5.73 Å². The Labute approximate surface area is 128 Å². The monoisotopic (exact) mass is 317 g/mol. The number of rotatable bonds is 2. The number of aromatic nitrogens is 1. The summed E-state index contributed by atoms with van der Waals surface area (Å²) in [5.74, 6) is 0. The average molecular weight is 318 g/mol. The van der Waals surface area contributed by atoms with Gasteiger partial charge < -0.3 is 5.73 Å². The largest absolute Gasteiger partial charge is 0.396 e. The van der Waals surface area contributed by atoms with Gasteiger partial charge in [0, 0.05) is 18.0 Å². The fourth-order valence-electron chi connectivity index (χ4n) is 1.95. The Kier molecular flexibility index (Phi) is 3.45. The minimum atomic E-state index is 0.503. The average Bonchev–Trinajstić information content (AvgIpc) is 3.03. The Balaban J connectivity index is 2.31. The number of anilines is 1. The molecule has 3 aromatic heterocycles. The molecule has 3 nitrogen and oxygen atoms in total. The van der Waals surface area contributed by atoms with Crippen LogP contribution in [0, 0.1) is 11.3 Å². The highest BCUT2D eigenvalue weighted by molar-refractivity contribution is 7.23. The zero-order valence-corrected chi connectivity index (χ0v) is 12.5. The first-order chi connectivity index (χ1) is 9.72. The molecule has 0 fully saturated rings. The lowest BCUT2D eigenvalue weighted by Gasteiger charge is -2.04. The van der Waals surface area contributed by atoms with Crippen molar-refractivity contribution in [2.45, 2.75) is 0 Å². The molecular weight excluding hydrogens is 310 g/mol. The molecule has 3 heterocycles. The lowest BCUT2D eigenvalue weighted by Crippen LogP contribution is -1.89. The Bertz CT molecular complexity index is 800. The van der Waals surface area contributed by atoms with Gasteiger partial charge in [-0.3, -0.25) is 4.98 Å². The predicted octanol–water partition coefficient (Wildman–Crippen LogP) is 4.65. The number of nitrogens with zero attached hydrogens (tertiary/aromatic N) is 2. The number of hydrogen-bond donors (Lipinski definition) is 1. The molecule has 6 heteroatoms. The van der Waals surface area contributed by atoms with Gasteiger partial charge in [0.05, 0.1) is 20.5 Å². The number of nitriles is 1. The summed E-state index contributed by atoms with van der Waals surface area (Å²) < 4.78 is 0. The maximum absolute atomic E-state index is 9.21. The summed E-state index contributed by atoms with van der Waals surface area (Å²) in [4.78, 5) is 6.40. The summed E-state index contributed by atoms with van der Waals surface area (Å²) in [6, 6.07) is 7.75. The molecule has 20 heavy (non-hydrogen) atoms. The van der Waals surface area contributed by atoms with Crippen molar-refractivity contribution in [1.29, 1.82) is 5.26 Å². The highest BCUT2D eigenvalue weighted by Crippen LogP contribution is 2.48. The van der Waals surface area contributed by atoms with Gasteiger partial charge in [0.25, 0.3) is 0 Å². The number of nitrogen functional groups attached to an aromatic ring is 1. The molecule has 3 rings (SSSR count). The minimum Gasteiger partial charge on any atom is -0.396 e. The van der Waals surface area contributed by atoms with Gasteiger partial charge in [-0.05, 0) is 29.1 Å². The molecule has 0 radical (unpaired) electrons. The van der Waals surface area contributed by atoms with E-state index in [1.807, 2.05) is 23.6 Å². The van der Waals surface area contributed by atoms with E-state index in [4.69, 9.17) is 17.3 Å². The van der Waals surface area contributed by atoms with Crippen LogP contribution in [0.15, 0.2) is 36.0 Å². The number of hydrogen-bond acceptors (Lipinski definition) is 5. The molecule has 0 saturated carbocycles. The highest BCUT2D eigenvalue weighted by atomic mass is 35.5. The second-order valence-electron chi connectivity index (χ2n) is 3.99. The number of halogens is 1. The van der Waals surface area contributed by atoms with Gasteiger partial charge in [0.15, 0.2) is 0 Å². The fourth-order valence-corrected chi connectivity index (χ4v) is 4.36. The second-order valence-corrected chi connectivity index (χ2v) is 6.34. The number of thiophene rings is 2. The summed E-state index contributed by atoms with van der Waals surface area (Å²) in [6.45, 7) is 0. The Hall–Kier alpha value is -1.87. The zero-order valence-electron chi connectivity index (χ0n) is 10.1. The smallest absolute Gasteiger partial charge is 0.129 e. The SMILES string of the molecule is N#Cc1sc(-c2sccc2Cl)c(-c2ccncc2)c1N. The van der Waals surface area contributed by atoms with Crippen molar-refractivity contribution in [1.82, 2.24) is 4.98 Å². The zero-order chi connectivity index (χ0) is 14.1. The summed E-state index contributed by atoms with van der Waals surface area (Å²) in [5, 5.41) is 11.8. The van der Waals surface area contributed by atoms with Crippen molar-refractivity contribution in [3.05, 3.63) is 45.9 Å². The molecule has 0 aliphatic rings. The first kappa shape index (κ1) is 13.1. The quantitative estimate of drug-likeness (QED) is 0.748. The molecule has 0 aliphatic carbocycles. The first-order valence-corrected chi connectivity index (χ1v) is 7.76. The maximum atomic E-state index is 9.21. The van der Waals surface area contributed by atoms with Crippen molar-refractivity contribution < 1.29 is 0 Å². The van der Waals surface area contributed by atoms with E-state index in [0.717, 1.165) is 20.9 Å². The molecule has 0 spiro atoms. The second kappa shape index (κ2) is 5.25. The summed E-state index contributed by atoms with van der Waals surface area (Å²) in [5.41, 5.74) is 8.43. The summed E-state index contributed by atoms with van der Waals surface area (Å²) in [6.07, 6.45) is 3.41. The lowest BCUT2D eigenvalue weighted by atomic mass is 10.1. The normalized spacial score (nSPS) is 10.4. The van der Waals surface area contributed by atoms with Gasteiger partial charge in [0.2, 0.25) is 0 Å². The lowest BCUT2D eigenvalue weighted by molar-refractivity contribution is 1.33. The summed E-state index contributed by atoms with van der Waals surface area (Å²) in [7, 11) is 0. The van der Waals surface area contributed by atoms with Crippen LogP contribution >= 0.6 is 34.3 Å². The Morgan fingerprint density at radius 1 is 1.20 bits per heavy atom. The number of nitrogens with two attached hydrogens (primary N) is 1. The van der Waals surface area contributed by atoms with E-state index in [-0.39, 0.29) is 0 Å². The molecule has 3 aromatic rings. The Morgan fingerprint density at radius 3 is 2.55 bits per heavy atom. The van der Waals surface area contributed by atoms with Crippen LogP contribution in [0.3, 0.4) is 0 Å². The van der Waals surface area contributed by atoms with Gasteiger partial charge in [-0.2, -0.15) is 5.26 Å². The molecule has 98 valence electrons. The van der Waals surface area contributed by atoms with Crippen LogP contribution in [0.2, 0.25) is 5.02 Å². The molecule has 0 bridgehead atoms. The molecule has 0 saturated heterocycles. The maximum Gasteiger partial charge on any atom is 0.129 e. The standard InChI is InChI=1S/C14H8ClN3S2/c15-9-3-6-19-13(9)14-11(8-1-4-18-5-2-8)12(17)10(7-16)20-14/h1-6H,17H2. The number of pyridine rings is 1. The van der Waals surface area contributed by atoms with E-state index in [9.17, 15) is 5.26 Å². The molecule has 0 unspecified atom stereocenters. The van der Waals surface area contributed by atoms with Gasteiger partial charge in [-0.1, -0.05) is 11.6 Å². The van der Waals surface area contributed by atoms with E-state index < -0.39 is 0 Å². The van der Waals surface area contributed by atoms with Crippen LogP contribution in [-0.2, 0) is 0 Å². The van der Waals surface area contributed by atoms with Crippen LogP contribution in [0.4, 0.5) is 5.69 Å². The minimum absolute atomic E-state index is 0.503. The van der Waals surface area contributed by atoms with E-state index in [2.05, 4.69) is 11.1 Å². The third-order valence-corrected chi connectivity index (χ3v) is 5.45. The summed E-state index contributed by atoms with van der Waals surface area (Å²) >= 11 is 9.13. The van der Waals surface area contributed by atoms with Crippen LogP contribution in [0.1, 0.15) is 4.88 Å². The molecule has 0 atom stereocenters. The fraction of sp³-hybridized carbons (Fsp3) is 0. The Morgan fingerprint density at radius 2 is 1.95 bits per heavy atom. The van der Waals surface area contributed by atoms with Crippen molar-refractivity contribution in [3.63, 3.8) is 0 Å². The van der Waals surface area contributed by atoms with Crippen LogP contribution in [0.5, 0.6) is 0 Å². The van der Waals surface area contributed by atoms with E-state index >= 15 is 0 Å². The van der Waals surface area contributed by atoms with Gasteiger partial charge in [-0.25, -0.2) is 0 Å². The van der Waals surface area contributed by atoms with Gasteiger partial charge >= 0.3 is 0 Å². The van der Waals surface area contributed by atoms with E-state index in [0.29, 0.717) is 15.6 Å². The predicted molar refractivity (Wildman–Crippen MR) is 85.0 cm³/mol. The van der Waals surface area contributed by atoms with E-state index in [1.54, 1.807) is 23.7 Å². The van der Waals surface area contributed by atoms with Crippen LogP contribution in [-0.4, -0.2) is 4.98 Å².